The van der Waals surface area contributed by atoms with Gasteiger partial charge < -0.3 is 5.32 Å². The van der Waals surface area contributed by atoms with Gasteiger partial charge in [0.2, 0.25) is 5.91 Å². The molecule has 2 heterocycles. The molecule has 0 fully saturated rings. The fraction of sp³-hybridized carbons (Fsp3) is 0.130. The minimum atomic E-state index is -3.63. The van der Waals surface area contributed by atoms with Gasteiger partial charge in [-0.05, 0) is 60.3 Å². The zero-order valence-electron chi connectivity index (χ0n) is 17.1. The molecular formula is C23H21N3O3S2. The number of benzene rings is 2. The SMILES string of the molecule is CC(=O)Nc1ccc(S(=O)(=O)Cc2cc(-c3cccs3)nn2-c2ccccc2C)cc1. The van der Waals surface area contributed by atoms with E-state index in [0.29, 0.717) is 11.4 Å². The van der Waals surface area contributed by atoms with E-state index < -0.39 is 9.84 Å². The van der Waals surface area contributed by atoms with Gasteiger partial charge in [-0.25, -0.2) is 13.1 Å². The molecule has 6 nitrogen and oxygen atoms in total. The molecule has 8 heteroatoms. The highest BCUT2D eigenvalue weighted by Gasteiger charge is 2.21. The monoisotopic (exact) mass is 451 g/mol. The van der Waals surface area contributed by atoms with Gasteiger partial charge in [-0.2, -0.15) is 5.10 Å². The summed E-state index contributed by atoms with van der Waals surface area (Å²) >= 11 is 1.56. The van der Waals surface area contributed by atoms with Crippen LogP contribution in [0.4, 0.5) is 5.69 Å². The van der Waals surface area contributed by atoms with E-state index in [0.717, 1.165) is 21.8 Å². The molecule has 0 aliphatic carbocycles. The highest BCUT2D eigenvalue weighted by Crippen LogP contribution is 2.28. The van der Waals surface area contributed by atoms with Crippen molar-refractivity contribution in [3.05, 3.63) is 83.4 Å². The molecule has 0 spiro atoms. The van der Waals surface area contributed by atoms with Crippen LogP contribution in [-0.2, 0) is 20.4 Å². The molecule has 0 atom stereocenters. The topological polar surface area (TPSA) is 81.1 Å². The number of hydrogen-bond acceptors (Lipinski definition) is 5. The number of anilines is 1. The number of carbonyl (C=O) groups is 1. The van der Waals surface area contributed by atoms with Crippen LogP contribution < -0.4 is 5.32 Å². The van der Waals surface area contributed by atoms with Crippen molar-refractivity contribution < 1.29 is 13.2 Å². The first-order valence-corrected chi connectivity index (χ1v) is 12.2. The Morgan fingerprint density at radius 1 is 1.06 bits per heavy atom. The summed E-state index contributed by atoms with van der Waals surface area (Å²) in [5.74, 6) is -0.405. The molecule has 31 heavy (non-hydrogen) atoms. The summed E-state index contributed by atoms with van der Waals surface area (Å²) in [7, 11) is -3.63. The maximum absolute atomic E-state index is 13.2. The van der Waals surface area contributed by atoms with Crippen LogP contribution in [0.1, 0.15) is 18.2 Å². The number of aryl methyl sites for hydroxylation is 1. The second-order valence-electron chi connectivity index (χ2n) is 7.16. The number of thiophene rings is 1. The van der Waals surface area contributed by atoms with Crippen LogP contribution in [0.5, 0.6) is 0 Å². The van der Waals surface area contributed by atoms with Gasteiger partial charge in [-0.3, -0.25) is 4.79 Å². The van der Waals surface area contributed by atoms with E-state index in [1.807, 2.05) is 54.8 Å². The van der Waals surface area contributed by atoms with Gasteiger partial charge in [0.15, 0.2) is 9.84 Å². The molecule has 2 aromatic carbocycles. The smallest absolute Gasteiger partial charge is 0.221 e. The maximum atomic E-state index is 13.2. The molecule has 4 aromatic rings. The lowest BCUT2D eigenvalue weighted by Crippen LogP contribution is -2.11. The zero-order valence-corrected chi connectivity index (χ0v) is 18.7. The van der Waals surface area contributed by atoms with Crippen molar-refractivity contribution in [3.8, 4) is 16.3 Å². The molecule has 0 unspecified atom stereocenters. The summed E-state index contributed by atoms with van der Waals surface area (Å²) in [4.78, 5) is 12.4. The molecule has 0 bridgehead atoms. The van der Waals surface area contributed by atoms with Gasteiger partial charge >= 0.3 is 0 Å². The van der Waals surface area contributed by atoms with Crippen LogP contribution in [0, 0.1) is 6.92 Å². The molecule has 0 radical (unpaired) electrons. The van der Waals surface area contributed by atoms with E-state index in [1.165, 1.54) is 19.1 Å². The summed E-state index contributed by atoms with van der Waals surface area (Å²) in [6.45, 7) is 3.38. The number of sulfone groups is 1. The Morgan fingerprint density at radius 3 is 2.45 bits per heavy atom. The largest absolute Gasteiger partial charge is 0.326 e. The second-order valence-corrected chi connectivity index (χ2v) is 10.1. The van der Waals surface area contributed by atoms with E-state index in [9.17, 15) is 13.2 Å². The van der Waals surface area contributed by atoms with Crippen molar-refractivity contribution in [2.75, 3.05) is 5.32 Å². The summed E-state index contributed by atoms with van der Waals surface area (Å²) in [6.07, 6.45) is 0. The summed E-state index contributed by atoms with van der Waals surface area (Å²) in [5, 5.41) is 9.33. The Balaban J connectivity index is 1.73. The third-order valence-electron chi connectivity index (χ3n) is 4.77. The maximum Gasteiger partial charge on any atom is 0.221 e. The highest BCUT2D eigenvalue weighted by molar-refractivity contribution is 7.90. The summed E-state index contributed by atoms with van der Waals surface area (Å²) in [5.41, 5.74) is 3.72. The van der Waals surface area contributed by atoms with Gasteiger partial charge in [-0.1, -0.05) is 24.3 Å². The Hall–Kier alpha value is -3.23. The Kier molecular flexibility index (Phi) is 5.75. The molecular weight excluding hydrogens is 430 g/mol. The molecule has 158 valence electrons. The van der Waals surface area contributed by atoms with Gasteiger partial charge in [0.05, 0.1) is 26.9 Å². The first kappa shape index (κ1) is 21.0. The van der Waals surface area contributed by atoms with Crippen LogP contribution in [0.3, 0.4) is 0 Å². The summed E-state index contributed by atoms with van der Waals surface area (Å²) in [6, 6.07) is 19.7. The number of amides is 1. The Labute approximate surface area is 185 Å². The summed E-state index contributed by atoms with van der Waals surface area (Å²) < 4.78 is 28.1. The minimum Gasteiger partial charge on any atom is -0.326 e. The van der Waals surface area contributed by atoms with Gasteiger partial charge in [-0.15, -0.1) is 11.3 Å². The number of nitrogens with one attached hydrogen (secondary N) is 1. The van der Waals surface area contributed by atoms with Gasteiger partial charge in [0, 0.05) is 12.6 Å². The van der Waals surface area contributed by atoms with E-state index in [4.69, 9.17) is 5.10 Å². The number of rotatable bonds is 6. The van der Waals surface area contributed by atoms with Crippen molar-refractivity contribution >= 4 is 32.8 Å². The molecule has 4 rings (SSSR count). The first-order chi connectivity index (χ1) is 14.8. The van der Waals surface area contributed by atoms with Gasteiger partial charge in [0.1, 0.15) is 5.69 Å². The molecule has 0 saturated carbocycles. The number of carbonyl (C=O) groups excluding carboxylic acids is 1. The van der Waals surface area contributed by atoms with Crippen molar-refractivity contribution in [3.63, 3.8) is 0 Å². The van der Waals surface area contributed by atoms with Crippen molar-refractivity contribution in [1.29, 1.82) is 0 Å². The molecule has 0 aliphatic heterocycles. The predicted molar refractivity (Wildman–Crippen MR) is 123 cm³/mol. The van der Waals surface area contributed by atoms with E-state index in [2.05, 4.69) is 5.32 Å². The second kappa shape index (κ2) is 8.49. The number of nitrogens with zero attached hydrogens (tertiary/aromatic N) is 2. The number of hydrogen-bond donors (Lipinski definition) is 1. The molecule has 1 amide bonds. The van der Waals surface area contributed by atoms with Crippen molar-refractivity contribution in [2.24, 2.45) is 0 Å². The number of para-hydroxylation sites is 1. The third-order valence-corrected chi connectivity index (χ3v) is 7.33. The fourth-order valence-electron chi connectivity index (χ4n) is 3.30. The lowest BCUT2D eigenvalue weighted by atomic mass is 10.2. The van der Waals surface area contributed by atoms with E-state index in [-0.39, 0.29) is 16.6 Å². The minimum absolute atomic E-state index is 0.191. The average molecular weight is 452 g/mol. The quantitative estimate of drug-likeness (QED) is 0.455. The van der Waals surface area contributed by atoms with Crippen LogP contribution in [0.25, 0.3) is 16.3 Å². The fourth-order valence-corrected chi connectivity index (χ4v) is 5.30. The lowest BCUT2D eigenvalue weighted by molar-refractivity contribution is -0.114. The van der Waals surface area contributed by atoms with E-state index >= 15 is 0 Å². The highest BCUT2D eigenvalue weighted by atomic mass is 32.2. The standard InChI is InChI=1S/C23H21N3O3S2/c1-16-6-3-4-7-22(16)26-19(14-21(25-26)23-8-5-13-30-23)15-31(28,29)20-11-9-18(10-12-20)24-17(2)27/h3-14H,15H2,1-2H3,(H,24,27). The van der Waals surface area contributed by atoms with Crippen LogP contribution in [0.15, 0.2) is 77.0 Å². The van der Waals surface area contributed by atoms with Crippen LogP contribution in [-0.4, -0.2) is 24.1 Å². The average Bonchev–Trinajstić information content (AvgIpc) is 3.38. The van der Waals surface area contributed by atoms with Crippen LogP contribution in [0.2, 0.25) is 0 Å². The Morgan fingerprint density at radius 2 is 1.81 bits per heavy atom. The van der Waals surface area contributed by atoms with Crippen molar-refractivity contribution in [1.82, 2.24) is 9.78 Å². The lowest BCUT2D eigenvalue weighted by Gasteiger charge is -2.11. The third kappa shape index (κ3) is 4.60. The predicted octanol–water partition coefficient (Wildman–Crippen LogP) is 4.84. The zero-order chi connectivity index (χ0) is 22.0. The molecule has 0 aliphatic rings. The molecule has 1 N–H and O–H groups in total. The number of aromatic nitrogens is 2. The molecule has 2 aromatic heterocycles. The van der Waals surface area contributed by atoms with Crippen LogP contribution >= 0.6 is 11.3 Å². The van der Waals surface area contributed by atoms with Gasteiger partial charge in [0.25, 0.3) is 0 Å². The first-order valence-electron chi connectivity index (χ1n) is 9.63. The normalized spacial score (nSPS) is 11.4. The van der Waals surface area contributed by atoms with Crippen molar-refractivity contribution in [2.45, 2.75) is 24.5 Å². The van der Waals surface area contributed by atoms with E-state index in [1.54, 1.807) is 28.2 Å². The Bertz CT molecular complexity index is 1320. The molecule has 0 saturated heterocycles.